The van der Waals surface area contributed by atoms with E-state index in [0.29, 0.717) is 22.6 Å². The molecule has 54 heavy (non-hydrogen) atoms. The molecule has 0 bridgehead atoms. The molecule has 0 amide bonds. The van der Waals surface area contributed by atoms with Crippen LogP contribution < -0.4 is 0 Å². The van der Waals surface area contributed by atoms with Gasteiger partial charge in [-0.25, -0.2) is 19.9 Å². The van der Waals surface area contributed by atoms with Crippen molar-refractivity contribution in [3.63, 3.8) is 0 Å². The summed E-state index contributed by atoms with van der Waals surface area (Å²) in [6.45, 7) is 0. The minimum absolute atomic E-state index is 0. The van der Waals surface area contributed by atoms with Crippen LogP contribution >= 0.6 is 19.4 Å². The minimum atomic E-state index is -4.34. The zero-order valence-corrected chi connectivity index (χ0v) is 35.0. The van der Waals surface area contributed by atoms with E-state index >= 15 is 0 Å². The van der Waals surface area contributed by atoms with E-state index in [1.165, 1.54) is 36.4 Å². The third-order valence-electron chi connectivity index (χ3n) is 5.57. The predicted molar refractivity (Wildman–Crippen MR) is 202 cm³/mol. The van der Waals surface area contributed by atoms with E-state index in [1.54, 1.807) is 66.7 Å². The smallest absolute Gasteiger partial charge is 0.0623 e. The fraction of sp³-hybridized carbons (Fsp3) is 0.0286. The topological polar surface area (TPSA) is 221 Å². The zero-order valence-electron chi connectivity index (χ0n) is 28.4. The molecule has 2 aromatic carbocycles. The molecule has 0 aliphatic heterocycles. The number of nitrogens with zero attached hydrogens (tertiary/aromatic N) is 4. The summed E-state index contributed by atoms with van der Waals surface area (Å²) in [6, 6.07) is 38.9. The molecule has 4 aromatic heterocycles. The second-order valence-electron chi connectivity index (χ2n) is 9.35. The Morgan fingerprint density at radius 3 is 1.04 bits per heavy atom. The van der Waals surface area contributed by atoms with E-state index in [9.17, 15) is 21.9 Å². The molecule has 0 atom stereocenters. The number of hydrogen-bond acceptors (Lipinski definition) is 11. The molecule has 6 aromatic rings. The fourth-order valence-corrected chi connectivity index (χ4v) is 4.65. The van der Waals surface area contributed by atoms with Crippen molar-refractivity contribution in [2.75, 3.05) is 0 Å². The number of pyridine rings is 4. The van der Waals surface area contributed by atoms with Gasteiger partial charge in [0, 0.05) is 18.2 Å². The van der Waals surface area contributed by atoms with E-state index in [0.717, 1.165) is 0 Å². The Labute approximate surface area is 344 Å². The molecule has 292 valence electrons. The SMILES string of the molecule is O=S(=O)(O)Cc1ccccc1.O=S(=O)(O)c1cccc(-c2cccc(O)n2)n1.Oc1cccc(-c2cccc(O)n2)n1.[CH3-].[CH3-].[Cl][Ru+].[Cl][Ru+].c1ccccc1. The summed E-state index contributed by atoms with van der Waals surface area (Å²) in [6.07, 6.45) is 0. The first-order chi connectivity index (χ1) is 24.8. The molecule has 0 saturated heterocycles. The summed E-state index contributed by atoms with van der Waals surface area (Å²) in [7, 11) is 0.916. The molecule has 0 aliphatic carbocycles. The molecule has 0 radical (unpaired) electrons. The van der Waals surface area contributed by atoms with Crippen molar-refractivity contribution in [3.05, 3.63) is 160 Å². The average Bonchev–Trinajstić information content (AvgIpc) is 3.14. The first kappa shape index (κ1) is 52.2. The van der Waals surface area contributed by atoms with E-state index < -0.39 is 25.3 Å². The van der Waals surface area contributed by atoms with Gasteiger partial charge in [0.1, 0.15) is 5.75 Å². The van der Waals surface area contributed by atoms with Gasteiger partial charge >= 0.3 is 64.1 Å². The van der Waals surface area contributed by atoms with Gasteiger partial charge in [0.15, 0.2) is 5.03 Å². The fourth-order valence-electron chi connectivity index (χ4n) is 3.57. The number of hydrogen-bond donors (Lipinski definition) is 5. The van der Waals surface area contributed by atoms with Gasteiger partial charge in [0.2, 0.25) is 17.6 Å². The summed E-state index contributed by atoms with van der Waals surface area (Å²) >= 11 is 3.64. The van der Waals surface area contributed by atoms with Crippen molar-refractivity contribution in [3.8, 4) is 40.4 Å². The Morgan fingerprint density at radius 2 is 0.741 bits per heavy atom. The average molecular weight is 994 g/mol. The summed E-state index contributed by atoms with van der Waals surface area (Å²) in [5, 5.41) is 27.0. The van der Waals surface area contributed by atoms with Crippen LogP contribution in [-0.2, 0) is 60.6 Å². The maximum atomic E-state index is 10.9. The Morgan fingerprint density at radius 1 is 0.444 bits per heavy atom. The quantitative estimate of drug-likeness (QED) is 0.0636. The van der Waals surface area contributed by atoms with Gasteiger partial charge in [0.25, 0.3) is 10.1 Å². The summed E-state index contributed by atoms with van der Waals surface area (Å²) in [5.41, 5.74) is 2.21. The molecule has 6 rings (SSSR count). The minimum Gasteiger partial charge on any atom is -0.0623 e. The van der Waals surface area contributed by atoms with Crippen molar-refractivity contribution >= 4 is 39.6 Å². The van der Waals surface area contributed by atoms with Gasteiger partial charge in [-0.15, -0.1) is 0 Å². The number of aromatic nitrogens is 4. The Balaban J connectivity index is 0. The molecule has 19 heteroatoms. The molecular weight excluding hydrogens is 958 g/mol. The Bertz CT molecular complexity index is 2060. The van der Waals surface area contributed by atoms with Crippen LogP contribution in [0.25, 0.3) is 22.8 Å². The van der Waals surface area contributed by atoms with E-state index in [2.05, 4.69) is 39.3 Å². The molecule has 4 heterocycles. The van der Waals surface area contributed by atoms with Gasteiger partial charge in [-0.2, -0.15) is 16.8 Å². The number of benzene rings is 2. The molecule has 0 saturated carbocycles. The van der Waals surface area contributed by atoms with Gasteiger partial charge in [0.05, 0.1) is 22.8 Å². The molecule has 13 nitrogen and oxygen atoms in total. The molecule has 0 spiro atoms. The van der Waals surface area contributed by atoms with E-state index in [-0.39, 0.29) is 43.9 Å². The van der Waals surface area contributed by atoms with E-state index in [1.807, 2.05) is 71.0 Å². The maximum Gasteiger partial charge on any atom is -0.0623 e. The Kier molecular flexibility index (Phi) is 27.6. The summed E-state index contributed by atoms with van der Waals surface area (Å²) < 4.78 is 59.8. The van der Waals surface area contributed by atoms with Crippen molar-refractivity contribution < 1.29 is 75.9 Å². The third-order valence-corrected chi connectivity index (χ3v) is 7.03. The van der Waals surface area contributed by atoms with Gasteiger partial charge in [-0.1, -0.05) is 91.0 Å². The van der Waals surface area contributed by atoms with Gasteiger partial charge in [-0.05, 0) is 35.9 Å². The van der Waals surface area contributed by atoms with Crippen LogP contribution in [0.4, 0.5) is 0 Å². The van der Waals surface area contributed by atoms with Crippen molar-refractivity contribution in [1.29, 1.82) is 0 Å². The second kappa shape index (κ2) is 28.5. The zero-order chi connectivity index (χ0) is 39.0. The van der Waals surface area contributed by atoms with Crippen LogP contribution in [-0.4, -0.2) is 61.2 Å². The van der Waals surface area contributed by atoms with Crippen LogP contribution in [0.15, 0.2) is 145 Å². The summed E-state index contributed by atoms with van der Waals surface area (Å²) in [4.78, 5) is 15.3. The molecule has 0 unspecified atom stereocenters. The summed E-state index contributed by atoms with van der Waals surface area (Å²) in [5.74, 6) is -0.629. The molecule has 5 N–H and O–H groups in total. The monoisotopic (exact) mass is 994 g/mol. The van der Waals surface area contributed by atoms with Crippen LogP contribution in [0.5, 0.6) is 17.6 Å². The largest absolute Gasteiger partial charge is 0.0623 e. The van der Waals surface area contributed by atoms with Gasteiger partial charge < -0.3 is 30.2 Å². The van der Waals surface area contributed by atoms with E-state index in [4.69, 9.17) is 19.3 Å². The third kappa shape index (κ3) is 22.3. The molecule has 0 fully saturated rings. The van der Waals surface area contributed by atoms with Crippen LogP contribution in [0.3, 0.4) is 0 Å². The van der Waals surface area contributed by atoms with Crippen molar-refractivity contribution in [1.82, 2.24) is 19.9 Å². The Hall–Kier alpha value is -3.91. The standard InChI is InChI=1S/C10H8N2O4S.C10H8N2O2.C7H8O3S.C6H6.2CH3.2ClH.2Ru/c13-9-5-1-3-7(11-9)8-4-2-6-10(12-8)17(14,15)16;13-9-5-1-3-7(11-9)8-4-2-6-10(14)12-8;8-11(9,10)6-7-4-2-1-3-5-7;1-2-4-6-5-3-1;;;;;;/h1-6H,(H,11,13)(H,14,15,16);1-6H,(H,11,13)(H,12,14);1-5H,6H2,(H,8,9,10);1-6H;2*1H3;2*1H;;/q;;;;2*-1;;;2*+2/p-2. The first-order valence-electron chi connectivity index (χ1n) is 14.0. The van der Waals surface area contributed by atoms with Crippen molar-refractivity contribution in [2.45, 2.75) is 10.8 Å². The number of aromatic hydroxyl groups is 3. The molecule has 0 aliphatic rings. The molecular formula is C35H36Cl2N4O9Ru2S2. The number of halogens is 2. The maximum absolute atomic E-state index is 10.9. The van der Waals surface area contributed by atoms with Crippen molar-refractivity contribution in [2.24, 2.45) is 0 Å². The van der Waals surface area contributed by atoms with Crippen LogP contribution in [0.2, 0.25) is 0 Å². The predicted octanol–water partition coefficient (Wildman–Crippen LogP) is 7.69. The normalized spacial score (nSPS) is 9.59. The number of rotatable bonds is 5. The van der Waals surface area contributed by atoms with Gasteiger partial charge in [-0.3, -0.25) is 9.11 Å². The van der Waals surface area contributed by atoms with Crippen LogP contribution in [0, 0.1) is 14.9 Å². The second-order valence-corrected chi connectivity index (χ2v) is 12.2. The first-order valence-corrected chi connectivity index (χ1v) is 21.5. The van der Waals surface area contributed by atoms with Crippen LogP contribution in [0.1, 0.15) is 5.56 Å².